The maximum absolute atomic E-state index is 9.34. The van der Waals surface area contributed by atoms with Crippen molar-refractivity contribution < 1.29 is 9.94 Å². The van der Waals surface area contributed by atoms with E-state index in [0.717, 1.165) is 10.0 Å². The van der Waals surface area contributed by atoms with E-state index in [9.17, 15) is 5.11 Å². The van der Waals surface area contributed by atoms with Gasteiger partial charge in [0.1, 0.15) is 0 Å². The topological polar surface area (TPSA) is 55.5 Å². The molecule has 1 atom stereocenters. The number of hydrogen-bond donors (Lipinski definition) is 2. The van der Waals surface area contributed by atoms with Gasteiger partial charge in [-0.3, -0.25) is 0 Å². The van der Waals surface area contributed by atoms with Gasteiger partial charge in [0.15, 0.2) is 0 Å². The Bertz CT molecular complexity index is 306. The van der Waals surface area contributed by atoms with Crippen LogP contribution in [0.25, 0.3) is 0 Å². The summed E-state index contributed by atoms with van der Waals surface area (Å²) in [5.74, 6) is 5.05. The van der Waals surface area contributed by atoms with E-state index in [2.05, 4.69) is 20.8 Å². The highest BCUT2D eigenvalue weighted by Crippen LogP contribution is 2.29. The molecule has 1 unspecified atom stereocenters. The van der Waals surface area contributed by atoms with Crippen LogP contribution in [0.1, 0.15) is 12.5 Å². The van der Waals surface area contributed by atoms with Gasteiger partial charge in [0.2, 0.25) is 0 Å². The van der Waals surface area contributed by atoms with E-state index < -0.39 is 5.41 Å². The van der Waals surface area contributed by atoms with E-state index >= 15 is 0 Å². The van der Waals surface area contributed by atoms with Gasteiger partial charge in [0.25, 0.3) is 0 Å². The molecule has 1 aromatic rings. The van der Waals surface area contributed by atoms with Crippen LogP contribution in [-0.2, 0) is 10.3 Å². The summed E-state index contributed by atoms with van der Waals surface area (Å²) in [6, 6.07) is 7.72. The summed E-state index contributed by atoms with van der Waals surface area (Å²) in [4.78, 5) is 4.63. The first-order chi connectivity index (χ1) is 6.64. The molecule has 78 valence electrons. The van der Waals surface area contributed by atoms with Gasteiger partial charge in [0.05, 0.1) is 13.2 Å². The van der Waals surface area contributed by atoms with Crippen LogP contribution in [0.15, 0.2) is 28.7 Å². The van der Waals surface area contributed by atoms with Crippen LogP contribution in [0.5, 0.6) is 0 Å². The summed E-state index contributed by atoms with van der Waals surface area (Å²) in [6.07, 6.45) is 0. The summed E-state index contributed by atoms with van der Waals surface area (Å²) >= 11 is 3.44. The zero-order valence-corrected chi connectivity index (χ0v) is 9.62. The van der Waals surface area contributed by atoms with Crippen LogP contribution in [-0.4, -0.2) is 18.3 Å². The number of hydrogen-bond acceptors (Lipinski definition) is 3. The Kier molecular flexibility index (Phi) is 4.07. The molecule has 0 spiro atoms. The van der Waals surface area contributed by atoms with Crippen LogP contribution < -0.4 is 5.90 Å². The second-order valence-electron chi connectivity index (χ2n) is 3.51. The fraction of sp³-hybridized carbons (Fsp3) is 0.400. The lowest BCUT2D eigenvalue weighted by atomic mass is 9.84. The molecule has 0 saturated heterocycles. The average Bonchev–Trinajstić information content (AvgIpc) is 2.18. The quantitative estimate of drug-likeness (QED) is 0.808. The SMILES string of the molecule is CC(CO)(CON)c1ccccc1Br. The molecule has 1 rings (SSSR count). The first-order valence-electron chi connectivity index (χ1n) is 4.31. The van der Waals surface area contributed by atoms with E-state index in [1.165, 1.54) is 0 Å². The third-order valence-corrected chi connectivity index (χ3v) is 2.97. The molecule has 1 aromatic carbocycles. The molecule has 4 heteroatoms. The van der Waals surface area contributed by atoms with Crippen molar-refractivity contribution in [3.8, 4) is 0 Å². The second-order valence-corrected chi connectivity index (χ2v) is 4.36. The Labute approximate surface area is 92.0 Å². The predicted molar refractivity (Wildman–Crippen MR) is 58.7 cm³/mol. The standard InChI is InChI=1S/C10H14BrNO2/c1-10(6-13,7-14-12)8-4-2-3-5-9(8)11/h2-5,13H,6-7,12H2,1H3. The molecule has 3 nitrogen and oxygen atoms in total. The third-order valence-electron chi connectivity index (χ3n) is 2.27. The van der Waals surface area contributed by atoms with Crippen molar-refractivity contribution in [3.05, 3.63) is 34.3 Å². The predicted octanol–water partition coefficient (Wildman–Crippen LogP) is 1.59. The molecular weight excluding hydrogens is 246 g/mol. The molecule has 0 aliphatic heterocycles. The van der Waals surface area contributed by atoms with Gasteiger partial charge < -0.3 is 9.94 Å². The normalized spacial score (nSPS) is 15.1. The van der Waals surface area contributed by atoms with Gasteiger partial charge in [-0.1, -0.05) is 41.1 Å². The molecule has 0 bridgehead atoms. The van der Waals surface area contributed by atoms with E-state index in [1.54, 1.807) is 0 Å². The molecule has 0 fully saturated rings. The van der Waals surface area contributed by atoms with Crippen molar-refractivity contribution in [1.82, 2.24) is 0 Å². The van der Waals surface area contributed by atoms with Crippen molar-refractivity contribution in [2.45, 2.75) is 12.3 Å². The van der Waals surface area contributed by atoms with Gasteiger partial charge in [-0.25, -0.2) is 5.90 Å². The fourth-order valence-electron chi connectivity index (χ4n) is 1.34. The lowest BCUT2D eigenvalue weighted by Gasteiger charge is -2.27. The van der Waals surface area contributed by atoms with Crippen molar-refractivity contribution in [2.75, 3.05) is 13.2 Å². The molecule has 14 heavy (non-hydrogen) atoms. The molecule has 0 heterocycles. The summed E-state index contributed by atoms with van der Waals surface area (Å²) in [7, 11) is 0. The maximum atomic E-state index is 9.34. The number of nitrogens with two attached hydrogens (primary N) is 1. The molecule has 0 aliphatic carbocycles. The fourth-order valence-corrected chi connectivity index (χ4v) is 2.11. The monoisotopic (exact) mass is 259 g/mol. The number of rotatable bonds is 4. The van der Waals surface area contributed by atoms with Crippen LogP contribution in [0.3, 0.4) is 0 Å². The van der Waals surface area contributed by atoms with E-state index in [0.29, 0.717) is 0 Å². The van der Waals surface area contributed by atoms with Gasteiger partial charge in [-0.05, 0) is 11.6 Å². The van der Waals surface area contributed by atoms with Crippen LogP contribution in [0.2, 0.25) is 0 Å². The molecular formula is C10H14BrNO2. The minimum atomic E-state index is -0.463. The van der Waals surface area contributed by atoms with Crippen LogP contribution in [0, 0.1) is 0 Å². The number of aliphatic hydroxyl groups excluding tert-OH is 1. The molecule has 0 saturated carbocycles. The summed E-state index contributed by atoms with van der Waals surface area (Å²) < 4.78 is 0.952. The Morgan fingerprint density at radius 3 is 2.64 bits per heavy atom. The van der Waals surface area contributed by atoms with E-state index in [1.807, 2.05) is 31.2 Å². The Balaban J connectivity index is 3.05. The molecule has 0 aromatic heterocycles. The van der Waals surface area contributed by atoms with Gasteiger partial charge in [-0.2, -0.15) is 0 Å². The highest BCUT2D eigenvalue weighted by molar-refractivity contribution is 9.10. The summed E-state index contributed by atoms with van der Waals surface area (Å²) in [5, 5.41) is 9.34. The Hall–Kier alpha value is -0.420. The number of halogens is 1. The lowest BCUT2D eigenvalue weighted by Crippen LogP contribution is -2.34. The zero-order valence-electron chi connectivity index (χ0n) is 8.03. The molecule has 0 amide bonds. The first kappa shape index (κ1) is 11.7. The lowest BCUT2D eigenvalue weighted by molar-refractivity contribution is 0.0591. The number of benzene rings is 1. The maximum Gasteiger partial charge on any atom is 0.0795 e. The molecule has 0 radical (unpaired) electrons. The van der Waals surface area contributed by atoms with Gasteiger partial charge in [-0.15, -0.1) is 0 Å². The van der Waals surface area contributed by atoms with Crippen LogP contribution in [0.4, 0.5) is 0 Å². The number of aliphatic hydroxyl groups is 1. The zero-order chi connectivity index (χ0) is 10.6. The van der Waals surface area contributed by atoms with E-state index in [-0.39, 0.29) is 13.2 Å². The highest BCUT2D eigenvalue weighted by atomic mass is 79.9. The molecule has 0 aliphatic rings. The van der Waals surface area contributed by atoms with Crippen molar-refractivity contribution >= 4 is 15.9 Å². The van der Waals surface area contributed by atoms with Crippen LogP contribution >= 0.6 is 15.9 Å². The van der Waals surface area contributed by atoms with E-state index in [4.69, 9.17) is 5.90 Å². The largest absolute Gasteiger partial charge is 0.395 e. The van der Waals surface area contributed by atoms with Crippen molar-refractivity contribution in [2.24, 2.45) is 5.90 Å². The first-order valence-corrected chi connectivity index (χ1v) is 5.11. The van der Waals surface area contributed by atoms with Crippen molar-refractivity contribution in [1.29, 1.82) is 0 Å². The third kappa shape index (κ3) is 2.33. The average molecular weight is 260 g/mol. The molecule has 3 N–H and O–H groups in total. The smallest absolute Gasteiger partial charge is 0.0795 e. The summed E-state index contributed by atoms with van der Waals surface area (Å²) in [6.45, 7) is 2.18. The van der Waals surface area contributed by atoms with Crippen molar-refractivity contribution in [3.63, 3.8) is 0 Å². The van der Waals surface area contributed by atoms with Gasteiger partial charge in [0, 0.05) is 9.89 Å². The minimum absolute atomic E-state index is 0.00713. The summed E-state index contributed by atoms with van der Waals surface area (Å²) in [5.41, 5.74) is 0.530. The minimum Gasteiger partial charge on any atom is -0.395 e. The highest BCUT2D eigenvalue weighted by Gasteiger charge is 2.27. The second kappa shape index (κ2) is 4.89. The van der Waals surface area contributed by atoms with Gasteiger partial charge >= 0.3 is 0 Å². The Morgan fingerprint density at radius 2 is 2.14 bits per heavy atom. The Morgan fingerprint density at radius 1 is 1.50 bits per heavy atom.